The van der Waals surface area contributed by atoms with Crippen molar-refractivity contribution in [3.05, 3.63) is 23.8 Å². The molecule has 1 atom stereocenters. The molecule has 2 rings (SSSR count). The van der Waals surface area contributed by atoms with Gasteiger partial charge in [-0.25, -0.2) is 0 Å². The average Bonchev–Trinajstić information content (AvgIpc) is 2.49. The number of hydrogen-bond acceptors (Lipinski definition) is 4. The van der Waals surface area contributed by atoms with Gasteiger partial charge in [0.05, 0.1) is 13.0 Å². The largest absolute Gasteiger partial charge is 0.497 e. The summed E-state index contributed by atoms with van der Waals surface area (Å²) in [6.45, 7) is -0.125. The van der Waals surface area contributed by atoms with Gasteiger partial charge in [-0.15, -0.1) is 0 Å². The Morgan fingerprint density at radius 2 is 2.22 bits per heavy atom. The lowest BCUT2D eigenvalue weighted by Crippen LogP contribution is -2.36. The van der Waals surface area contributed by atoms with Crippen LogP contribution in [0.1, 0.15) is 17.9 Å². The molecule has 1 aromatic carbocycles. The summed E-state index contributed by atoms with van der Waals surface area (Å²) < 4.78 is 41.2. The number of rotatable bonds is 5. The van der Waals surface area contributed by atoms with Crippen molar-refractivity contribution in [1.29, 1.82) is 0 Å². The first-order valence-corrected chi connectivity index (χ1v) is 7.75. The van der Waals surface area contributed by atoms with Crippen molar-refractivity contribution in [2.45, 2.75) is 17.8 Å². The van der Waals surface area contributed by atoms with Gasteiger partial charge >= 0.3 is 5.51 Å². The van der Waals surface area contributed by atoms with Crippen LogP contribution in [0.3, 0.4) is 0 Å². The summed E-state index contributed by atoms with van der Waals surface area (Å²) in [4.78, 5) is 23.9. The van der Waals surface area contributed by atoms with Crippen molar-refractivity contribution in [3.8, 4) is 5.75 Å². The van der Waals surface area contributed by atoms with Crippen molar-refractivity contribution < 1.29 is 27.5 Å². The SMILES string of the molecule is COc1ccc2c(c1)C(C(=O)NCCSC(F)(F)F)CC(=O)N2. The fourth-order valence-corrected chi connectivity index (χ4v) is 2.70. The molecule has 1 heterocycles. The number of carbonyl (C=O) groups excluding carboxylic acids is 2. The van der Waals surface area contributed by atoms with E-state index < -0.39 is 17.3 Å². The van der Waals surface area contributed by atoms with Gasteiger partial charge in [-0.1, -0.05) is 0 Å². The minimum Gasteiger partial charge on any atom is -0.497 e. The minimum absolute atomic E-state index is 0.0571. The molecule has 1 aliphatic heterocycles. The maximum atomic E-state index is 12.2. The van der Waals surface area contributed by atoms with Gasteiger partial charge in [-0.2, -0.15) is 13.2 Å². The number of amides is 2. The smallest absolute Gasteiger partial charge is 0.441 e. The molecule has 9 heteroatoms. The van der Waals surface area contributed by atoms with Crippen LogP contribution < -0.4 is 15.4 Å². The maximum Gasteiger partial charge on any atom is 0.441 e. The molecule has 23 heavy (non-hydrogen) atoms. The van der Waals surface area contributed by atoms with Crippen LogP contribution in [0.4, 0.5) is 18.9 Å². The third kappa shape index (κ3) is 4.78. The summed E-state index contributed by atoms with van der Waals surface area (Å²) in [5.41, 5.74) is -3.23. The highest BCUT2D eigenvalue weighted by Crippen LogP contribution is 2.35. The van der Waals surface area contributed by atoms with E-state index in [2.05, 4.69) is 10.6 Å². The highest BCUT2D eigenvalue weighted by Gasteiger charge is 2.31. The molecule has 5 nitrogen and oxygen atoms in total. The number of halogens is 3. The fraction of sp³-hybridized carbons (Fsp3) is 0.429. The lowest BCUT2D eigenvalue weighted by molar-refractivity contribution is -0.126. The van der Waals surface area contributed by atoms with E-state index in [0.717, 1.165) is 0 Å². The molecule has 2 amide bonds. The first-order valence-electron chi connectivity index (χ1n) is 6.76. The summed E-state index contributed by atoms with van der Waals surface area (Å²) in [5.74, 6) is -1.28. The number of benzene rings is 1. The van der Waals surface area contributed by atoms with Gasteiger partial charge in [0, 0.05) is 24.4 Å². The van der Waals surface area contributed by atoms with Crippen molar-refractivity contribution in [2.24, 2.45) is 0 Å². The van der Waals surface area contributed by atoms with Crippen LogP contribution in [0, 0.1) is 0 Å². The molecular formula is C14H15F3N2O3S. The zero-order valence-corrected chi connectivity index (χ0v) is 13.0. The Hall–Kier alpha value is -1.90. The van der Waals surface area contributed by atoms with Crippen LogP contribution in [0.15, 0.2) is 18.2 Å². The van der Waals surface area contributed by atoms with Gasteiger partial charge in [-0.05, 0) is 35.5 Å². The molecule has 0 fully saturated rings. The number of hydrogen-bond donors (Lipinski definition) is 2. The molecule has 1 aliphatic rings. The summed E-state index contributed by atoms with van der Waals surface area (Å²) in [7, 11) is 1.48. The van der Waals surface area contributed by atoms with Crippen LogP contribution in [0.2, 0.25) is 0 Å². The summed E-state index contributed by atoms with van der Waals surface area (Å²) in [6, 6.07) is 4.92. The van der Waals surface area contributed by atoms with Crippen LogP contribution >= 0.6 is 11.8 Å². The molecule has 0 aromatic heterocycles. The molecule has 0 aliphatic carbocycles. The minimum atomic E-state index is -4.32. The van der Waals surface area contributed by atoms with E-state index in [1.165, 1.54) is 7.11 Å². The van der Waals surface area contributed by atoms with E-state index in [0.29, 0.717) is 17.0 Å². The highest BCUT2D eigenvalue weighted by atomic mass is 32.2. The Bertz CT molecular complexity index is 607. The van der Waals surface area contributed by atoms with Gasteiger partial charge in [0.25, 0.3) is 0 Å². The van der Waals surface area contributed by atoms with E-state index in [1.807, 2.05) is 0 Å². The van der Waals surface area contributed by atoms with Crippen molar-refractivity contribution in [1.82, 2.24) is 5.32 Å². The number of carbonyl (C=O) groups is 2. The van der Waals surface area contributed by atoms with E-state index in [4.69, 9.17) is 4.74 Å². The topological polar surface area (TPSA) is 67.4 Å². The van der Waals surface area contributed by atoms with Gasteiger partial charge < -0.3 is 15.4 Å². The Kier molecular flexibility index (Phi) is 5.40. The third-order valence-corrected chi connectivity index (χ3v) is 4.02. The summed E-state index contributed by atoms with van der Waals surface area (Å²) >= 11 is -0.200. The Labute approximate surface area is 135 Å². The molecule has 0 radical (unpaired) electrons. The molecular weight excluding hydrogens is 333 g/mol. The van der Waals surface area contributed by atoms with E-state index in [-0.39, 0.29) is 36.4 Å². The second-order valence-electron chi connectivity index (χ2n) is 4.84. The Balaban J connectivity index is 2.04. The second-order valence-corrected chi connectivity index (χ2v) is 6.00. The number of alkyl halides is 3. The third-order valence-electron chi connectivity index (χ3n) is 3.28. The van der Waals surface area contributed by atoms with Crippen molar-refractivity contribution in [2.75, 3.05) is 24.7 Å². The van der Waals surface area contributed by atoms with E-state index in [1.54, 1.807) is 18.2 Å². The van der Waals surface area contributed by atoms with E-state index in [9.17, 15) is 22.8 Å². The molecule has 0 saturated heterocycles. The summed E-state index contributed by atoms with van der Waals surface area (Å²) in [5, 5.41) is 5.10. The Morgan fingerprint density at radius 3 is 2.87 bits per heavy atom. The molecule has 0 spiro atoms. The average molecular weight is 348 g/mol. The number of nitrogens with one attached hydrogen (secondary N) is 2. The second kappa shape index (κ2) is 7.12. The zero-order valence-electron chi connectivity index (χ0n) is 12.2. The van der Waals surface area contributed by atoms with Crippen LogP contribution in [-0.4, -0.2) is 36.7 Å². The number of fused-ring (bicyclic) bond motifs is 1. The van der Waals surface area contributed by atoms with Crippen LogP contribution in [0.5, 0.6) is 5.75 Å². The van der Waals surface area contributed by atoms with Gasteiger partial charge in [0.15, 0.2) is 0 Å². The molecule has 2 N–H and O–H groups in total. The number of ether oxygens (including phenoxy) is 1. The lowest BCUT2D eigenvalue weighted by atomic mass is 9.89. The van der Waals surface area contributed by atoms with Gasteiger partial charge in [0.1, 0.15) is 5.75 Å². The number of methoxy groups -OCH3 is 1. The zero-order chi connectivity index (χ0) is 17.0. The highest BCUT2D eigenvalue weighted by molar-refractivity contribution is 8.00. The van der Waals surface area contributed by atoms with Gasteiger partial charge in [-0.3, -0.25) is 9.59 Å². The molecule has 1 aromatic rings. The quantitative estimate of drug-likeness (QED) is 0.803. The molecule has 1 unspecified atom stereocenters. The predicted octanol–water partition coefficient (Wildman–Crippen LogP) is 2.49. The first kappa shape index (κ1) is 17.5. The Morgan fingerprint density at radius 1 is 1.48 bits per heavy atom. The van der Waals surface area contributed by atoms with Crippen molar-refractivity contribution >= 4 is 29.3 Å². The first-order chi connectivity index (χ1) is 10.8. The molecule has 126 valence electrons. The monoisotopic (exact) mass is 348 g/mol. The normalized spacial score (nSPS) is 17.2. The predicted molar refractivity (Wildman–Crippen MR) is 80.5 cm³/mol. The molecule has 0 bridgehead atoms. The van der Waals surface area contributed by atoms with Gasteiger partial charge in [0.2, 0.25) is 11.8 Å². The van der Waals surface area contributed by atoms with Crippen LogP contribution in [0.25, 0.3) is 0 Å². The number of anilines is 1. The van der Waals surface area contributed by atoms with Crippen molar-refractivity contribution in [3.63, 3.8) is 0 Å². The standard InChI is InChI=1S/C14H15F3N2O3S/c1-22-8-2-3-11-9(6-8)10(7-12(20)19-11)13(21)18-4-5-23-14(15,16)17/h2-3,6,10H,4-5,7H2,1H3,(H,18,21)(H,19,20). The van der Waals surface area contributed by atoms with E-state index >= 15 is 0 Å². The van der Waals surface area contributed by atoms with Crippen LogP contribution in [-0.2, 0) is 9.59 Å². The number of thioether (sulfide) groups is 1. The molecule has 0 saturated carbocycles. The maximum absolute atomic E-state index is 12.2. The fourth-order valence-electron chi connectivity index (χ4n) is 2.26. The lowest BCUT2D eigenvalue weighted by Gasteiger charge is -2.25. The summed E-state index contributed by atoms with van der Waals surface area (Å²) in [6.07, 6.45) is -0.0571.